The maximum atomic E-state index is 4.76. The van der Waals surface area contributed by atoms with Crippen LogP contribution in [0.1, 0.15) is 13.8 Å². The molecule has 0 radical (unpaired) electrons. The van der Waals surface area contributed by atoms with Crippen LogP contribution in [0.25, 0.3) is 0 Å². The Kier molecular flexibility index (Phi) is 13.1. The maximum Gasteiger partial charge on any atom is -0.00296 e. The molecule has 0 N–H and O–H groups in total. The van der Waals surface area contributed by atoms with E-state index in [4.69, 9.17) is 11.6 Å². The number of hydrogen-bond acceptors (Lipinski definition) is 0. The van der Waals surface area contributed by atoms with E-state index in [1.807, 2.05) is 13.8 Å². The second kappa shape index (κ2) is 9.24. The molecule has 42 valence electrons. The summed E-state index contributed by atoms with van der Waals surface area (Å²) in [5.74, 6) is 0. The molecule has 0 aliphatic heterocycles. The van der Waals surface area contributed by atoms with Gasteiger partial charge in [-0.2, -0.15) is 0 Å². The summed E-state index contributed by atoms with van der Waals surface area (Å²) in [6, 6.07) is 0. The fourth-order valence-corrected chi connectivity index (χ4v) is 0. The highest BCUT2D eigenvalue weighted by molar-refractivity contribution is 6.25. The van der Waals surface area contributed by atoms with Gasteiger partial charge in [-0.05, 0) is 19.4 Å². The van der Waals surface area contributed by atoms with E-state index in [2.05, 4.69) is 13.2 Å². The molecule has 7 heavy (non-hydrogen) atoms. The van der Waals surface area contributed by atoms with Gasteiger partial charge in [-0.25, -0.2) is 0 Å². The van der Waals surface area contributed by atoms with Crippen molar-refractivity contribution in [1.29, 1.82) is 0 Å². The van der Waals surface area contributed by atoms with Crippen molar-refractivity contribution < 1.29 is 0 Å². The number of hydrogen-bond donors (Lipinski definition) is 0. The molecule has 0 saturated carbocycles. The van der Waals surface area contributed by atoms with Crippen LogP contribution in [-0.4, -0.2) is 0 Å². The number of rotatable bonds is 0. The lowest BCUT2D eigenvalue weighted by Gasteiger charge is -1.65. The van der Waals surface area contributed by atoms with Crippen molar-refractivity contribution in [1.82, 2.24) is 0 Å². The van der Waals surface area contributed by atoms with E-state index in [-0.39, 0.29) is 0 Å². The molecular formula is C6H11Cl. The lowest BCUT2D eigenvalue weighted by atomic mass is 10.4. The highest BCUT2D eigenvalue weighted by Crippen LogP contribution is 1.73. The zero-order valence-electron chi connectivity index (χ0n) is 4.87. The first-order valence-electron chi connectivity index (χ1n) is 1.98. The molecule has 0 spiro atoms. The van der Waals surface area contributed by atoms with Crippen molar-refractivity contribution in [3.05, 3.63) is 24.3 Å². The zero-order valence-corrected chi connectivity index (χ0v) is 5.63. The van der Waals surface area contributed by atoms with Crippen LogP contribution in [0.2, 0.25) is 0 Å². The molecule has 0 heterocycles. The van der Waals surface area contributed by atoms with Gasteiger partial charge in [-0.15, -0.1) is 6.58 Å². The van der Waals surface area contributed by atoms with Gasteiger partial charge in [-0.3, -0.25) is 0 Å². The fraction of sp³-hybridized carbons (Fsp3) is 0.333. The summed E-state index contributed by atoms with van der Waals surface area (Å²) in [5, 5.41) is 0. The molecule has 0 aromatic carbocycles. The van der Waals surface area contributed by atoms with E-state index in [9.17, 15) is 0 Å². The first kappa shape index (κ1) is 9.91. The third-order valence-corrected chi connectivity index (χ3v) is 0. The van der Waals surface area contributed by atoms with Crippen molar-refractivity contribution in [3.8, 4) is 0 Å². The molecule has 0 atom stereocenters. The van der Waals surface area contributed by atoms with E-state index < -0.39 is 0 Å². The van der Waals surface area contributed by atoms with E-state index in [0.717, 1.165) is 0 Å². The van der Waals surface area contributed by atoms with Gasteiger partial charge in [0.25, 0.3) is 0 Å². The average molecular weight is 119 g/mol. The van der Waals surface area contributed by atoms with Crippen molar-refractivity contribution in [2.45, 2.75) is 13.8 Å². The van der Waals surface area contributed by atoms with Gasteiger partial charge in [0, 0.05) is 0 Å². The largest absolute Gasteiger partial charge is 0.100 e. The van der Waals surface area contributed by atoms with Crippen molar-refractivity contribution in [2.24, 2.45) is 0 Å². The molecule has 0 nitrogen and oxygen atoms in total. The van der Waals surface area contributed by atoms with E-state index in [1.54, 1.807) is 0 Å². The van der Waals surface area contributed by atoms with Crippen LogP contribution in [0.4, 0.5) is 0 Å². The van der Waals surface area contributed by atoms with Gasteiger partial charge in [-0.1, -0.05) is 23.8 Å². The Morgan fingerprint density at radius 3 is 1.57 bits per heavy atom. The quantitative estimate of drug-likeness (QED) is 0.429. The molecule has 0 aliphatic rings. The predicted molar refractivity (Wildman–Crippen MR) is 36.5 cm³/mol. The smallest absolute Gasteiger partial charge is 0.00296 e. The Morgan fingerprint density at radius 1 is 1.57 bits per heavy atom. The lowest BCUT2D eigenvalue weighted by Crippen LogP contribution is -1.43. The fourth-order valence-electron chi connectivity index (χ4n) is 0. The Labute approximate surface area is 50.5 Å². The summed E-state index contributed by atoms with van der Waals surface area (Å²) in [4.78, 5) is 0. The van der Waals surface area contributed by atoms with Gasteiger partial charge in [0.15, 0.2) is 0 Å². The van der Waals surface area contributed by atoms with Crippen LogP contribution in [-0.2, 0) is 0 Å². The summed E-state index contributed by atoms with van der Waals surface area (Å²) in [5.41, 5.74) is 2.39. The van der Waals surface area contributed by atoms with Crippen LogP contribution in [0.5, 0.6) is 0 Å². The molecule has 0 aromatic heterocycles. The maximum absolute atomic E-state index is 4.76. The second-order valence-electron chi connectivity index (χ2n) is 1.36. The summed E-state index contributed by atoms with van der Waals surface area (Å²) in [6.45, 7) is 10.6. The Morgan fingerprint density at radius 2 is 1.57 bits per heavy atom. The van der Waals surface area contributed by atoms with Gasteiger partial charge in [0.1, 0.15) is 0 Å². The molecule has 0 amide bonds. The zero-order chi connectivity index (χ0) is 6.28. The highest BCUT2D eigenvalue weighted by atomic mass is 35.5. The lowest BCUT2D eigenvalue weighted by molar-refractivity contribution is 1.42. The van der Waals surface area contributed by atoms with Crippen molar-refractivity contribution in [2.75, 3.05) is 0 Å². The molecule has 0 saturated heterocycles. The SMILES string of the molecule is C=C(C)C.C=CCl. The molecule has 0 fully saturated rings. The normalized spacial score (nSPS) is 5.57. The van der Waals surface area contributed by atoms with Crippen molar-refractivity contribution in [3.63, 3.8) is 0 Å². The standard InChI is InChI=1S/C4H8.C2H3Cl/c1-4(2)3;1-2-3/h1H2,2-3H3;2H,1H2. The Bertz CT molecular complexity index is 51.2. The molecule has 0 aromatic rings. The number of allylic oxidation sites excluding steroid dienone is 1. The minimum Gasteiger partial charge on any atom is -0.100 e. The summed E-state index contributed by atoms with van der Waals surface area (Å²) in [7, 11) is 0. The van der Waals surface area contributed by atoms with E-state index in [1.165, 1.54) is 11.1 Å². The molecule has 0 unspecified atom stereocenters. The van der Waals surface area contributed by atoms with Crippen LogP contribution in [0, 0.1) is 0 Å². The summed E-state index contributed by atoms with van der Waals surface area (Å²) in [6.07, 6.45) is 0. The van der Waals surface area contributed by atoms with Gasteiger partial charge in [0.2, 0.25) is 0 Å². The Hall–Kier alpha value is -0.230. The number of halogens is 1. The highest BCUT2D eigenvalue weighted by Gasteiger charge is 1.51. The molecule has 0 bridgehead atoms. The third kappa shape index (κ3) is 1550. The van der Waals surface area contributed by atoms with Crippen LogP contribution in [0.15, 0.2) is 24.3 Å². The minimum absolute atomic E-state index is 1.17. The molecule has 1 heteroatoms. The average Bonchev–Trinajstić information content (AvgIpc) is 1.33. The van der Waals surface area contributed by atoms with Gasteiger partial charge < -0.3 is 0 Å². The molecule has 0 rings (SSSR count). The van der Waals surface area contributed by atoms with Crippen molar-refractivity contribution >= 4 is 11.6 Å². The van der Waals surface area contributed by atoms with Gasteiger partial charge in [0.05, 0.1) is 0 Å². The summed E-state index contributed by atoms with van der Waals surface area (Å²) >= 11 is 4.76. The van der Waals surface area contributed by atoms with Crippen LogP contribution < -0.4 is 0 Å². The van der Waals surface area contributed by atoms with Gasteiger partial charge >= 0.3 is 0 Å². The summed E-state index contributed by atoms with van der Waals surface area (Å²) < 4.78 is 0. The van der Waals surface area contributed by atoms with E-state index >= 15 is 0 Å². The second-order valence-corrected chi connectivity index (χ2v) is 1.67. The first-order valence-corrected chi connectivity index (χ1v) is 2.42. The Balaban J connectivity index is 0. The van der Waals surface area contributed by atoms with Crippen LogP contribution in [0.3, 0.4) is 0 Å². The monoisotopic (exact) mass is 118 g/mol. The molecule has 0 aliphatic carbocycles. The third-order valence-electron chi connectivity index (χ3n) is 0. The predicted octanol–water partition coefficient (Wildman–Crippen LogP) is 2.95. The topological polar surface area (TPSA) is 0 Å². The van der Waals surface area contributed by atoms with Crippen LogP contribution >= 0.6 is 11.6 Å². The van der Waals surface area contributed by atoms with E-state index in [0.29, 0.717) is 0 Å². The molecular weight excluding hydrogens is 108 g/mol. The minimum atomic E-state index is 1.17. The first-order chi connectivity index (χ1) is 3.15.